The van der Waals surface area contributed by atoms with Gasteiger partial charge in [-0.3, -0.25) is 0 Å². The highest BCUT2D eigenvalue weighted by Gasteiger charge is 2.58. The van der Waals surface area contributed by atoms with Crippen LogP contribution in [0.15, 0.2) is 18.2 Å². The molecule has 25 heavy (non-hydrogen) atoms. The quantitative estimate of drug-likeness (QED) is 0.831. The first kappa shape index (κ1) is 18.7. The summed E-state index contributed by atoms with van der Waals surface area (Å²) < 4.78 is 11.1. The van der Waals surface area contributed by atoms with Crippen molar-refractivity contribution in [1.29, 1.82) is 0 Å². The van der Waals surface area contributed by atoms with Crippen LogP contribution in [0.2, 0.25) is 25.2 Å². The smallest absolute Gasteiger partial charge is 0.161 e. The van der Waals surface area contributed by atoms with Crippen LogP contribution in [0, 0.1) is 0 Å². The van der Waals surface area contributed by atoms with Crippen molar-refractivity contribution >= 4 is 8.07 Å². The maximum Gasteiger partial charge on any atom is 0.161 e. The van der Waals surface area contributed by atoms with E-state index in [1.165, 1.54) is 5.56 Å². The highest BCUT2D eigenvalue weighted by Crippen LogP contribution is 2.58. The fraction of sp³-hybridized carbons (Fsp3) is 0.700. The van der Waals surface area contributed by atoms with Crippen LogP contribution in [0.5, 0.6) is 11.5 Å². The van der Waals surface area contributed by atoms with Crippen molar-refractivity contribution in [1.82, 2.24) is 4.90 Å². The van der Waals surface area contributed by atoms with Crippen molar-refractivity contribution in [2.24, 2.45) is 0 Å². The van der Waals surface area contributed by atoms with Crippen molar-refractivity contribution in [3.05, 3.63) is 23.8 Å². The summed E-state index contributed by atoms with van der Waals surface area (Å²) >= 11 is 0. The number of likely N-dealkylation sites (N-methyl/N-ethyl adjacent to an activating group) is 1. The number of ether oxygens (including phenoxy) is 2. The normalized spacial score (nSPS) is 33.2. The first-order chi connectivity index (χ1) is 11.7. The van der Waals surface area contributed by atoms with E-state index >= 15 is 0 Å². The second-order valence-electron chi connectivity index (χ2n) is 8.90. The fourth-order valence-corrected chi connectivity index (χ4v) is 8.53. The number of rotatable bonds is 4. The van der Waals surface area contributed by atoms with Gasteiger partial charge in [0.25, 0.3) is 0 Å². The van der Waals surface area contributed by atoms with Crippen LogP contribution in [0.3, 0.4) is 0 Å². The van der Waals surface area contributed by atoms with E-state index in [-0.39, 0.29) is 11.5 Å². The van der Waals surface area contributed by atoms with E-state index < -0.39 is 8.07 Å². The number of likely N-dealkylation sites (tertiary alicyclic amines) is 1. The predicted molar refractivity (Wildman–Crippen MR) is 105 cm³/mol. The second kappa shape index (κ2) is 6.60. The average molecular weight is 364 g/mol. The molecule has 2 aliphatic rings. The summed E-state index contributed by atoms with van der Waals surface area (Å²) in [7, 11) is 4.13. The first-order valence-corrected chi connectivity index (χ1v) is 12.9. The van der Waals surface area contributed by atoms with Gasteiger partial charge < -0.3 is 19.5 Å². The summed E-state index contributed by atoms with van der Waals surface area (Å²) in [6, 6.07) is 6.87. The molecule has 140 valence electrons. The van der Waals surface area contributed by atoms with Crippen LogP contribution in [0.4, 0.5) is 0 Å². The number of benzene rings is 1. The first-order valence-electron chi connectivity index (χ1n) is 9.35. The van der Waals surface area contributed by atoms with Crippen molar-refractivity contribution in [2.75, 3.05) is 27.8 Å². The zero-order chi connectivity index (χ0) is 18.4. The highest BCUT2D eigenvalue weighted by atomic mass is 28.3. The molecule has 0 radical (unpaired) electrons. The third-order valence-electron chi connectivity index (χ3n) is 6.60. The third-order valence-corrected chi connectivity index (χ3v) is 9.44. The van der Waals surface area contributed by atoms with Crippen LogP contribution < -0.4 is 9.47 Å². The monoisotopic (exact) mass is 363 g/mol. The standard InChI is InChI=1S/C20H33NO3Si/c1-21-10-9-20(14-7-8-16(23-2)17(11-14)24-3)18(21)12-15(22)13-19(20)25(4,5)6/h7-8,11,15,18-19,22H,9-10,12-13H2,1-6H3/t15-,18+,19+,20-/m1/s1. The molecule has 1 aromatic rings. The van der Waals surface area contributed by atoms with Gasteiger partial charge in [0.2, 0.25) is 0 Å². The topological polar surface area (TPSA) is 41.9 Å². The SMILES string of the molecule is COc1ccc([C@]23CCN(C)[C@H]2C[C@@H](O)C[C@@H]3[Si](C)(C)C)cc1OC. The number of hydrogen-bond donors (Lipinski definition) is 1. The molecule has 0 spiro atoms. The van der Waals surface area contributed by atoms with E-state index in [1.54, 1.807) is 14.2 Å². The average Bonchev–Trinajstić information content (AvgIpc) is 2.90. The molecule has 1 heterocycles. The number of methoxy groups -OCH3 is 2. The Balaban J connectivity index is 2.16. The Bertz CT molecular complexity index is 630. The number of nitrogens with zero attached hydrogens (tertiary/aromatic N) is 1. The molecule has 0 amide bonds. The minimum atomic E-state index is -1.48. The zero-order valence-electron chi connectivity index (χ0n) is 16.5. The van der Waals surface area contributed by atoms with Crippen molar-refractivity contribution in [3.63, 3.8) is 0 Å². The van der Waals surface area contributed by atoms with Crippen LogP contribution in [0.1, 0.15) is 24.8 Å². The Morgan fingerprint density at radius 1 is 1.12 bits per heavy atom. The molecule has 3 rings (SSSR count). The van der Waals surface area contributed by atoms with Gasteiger partial charge in [0.1, 0.15) is 0 Å². The molecule has 5 heteroatoms. The molecule has 1 aromatic carbocycles. The fourth-order valence-electron chi connectivity index (χ4n) is 5.50. The molecule has 0 aromatic heterocycles. The van der Waals surface area contributed by atoms with Crippen molar-refractivity contribution < 1.29 is 14.6 Å². The third kappa shape index (κ3) is 3.00. The van der Waals surface area contributed by atoms with E-state index in [1.807, 2.05) is 6.07 Å². The molecular formula is C20H33NO3Si. The van der Waals surface area contributed by atoms with Gasteiger partial charge in [-0.05, 0) is 56.1 Å². The Kier molecular flexibility index (Phi) is 4.95. The molecule has 0 unspecified atom stereocenters. The van der Waals surface area contributed by atoms with E-state index in [9.17, 15) is 5.11 Å². The molecule has 1 aliphatic heterocycles. The lowest BCUT2D eigenvalue weighted by atomic mass is 9.65. The van der Waals surface area contributed by atoms with Gasteiger partial charge in [-0.15, -0.1) is 0 Å². The van der Waals surface area contributed by atoms with Crippen molar-refractivity contribution in [3.8, 4) is 11.5 Å². The summed E-state index contributed by atoms with van der Waals surface area (Å²) in [5.74, 6) is 1.59. The second-order valence-corrected chi connectivity index (χ2v) is 14.3. The van der Waals surface area contributed by atoms with Crippen LogP contribution in [0.25, 0.3) is 0 Å². The predicted octanol–water partition coefficient (Wildman–Crippen LogP) is 3.51. The van der Waals surface area contributed by atoms with Gasteiger partial charge in [0.05, 0.1) is 20.3 Å². The molecule has 4 atom stereocenters. The lowest BCUT2D eigenvalue weighted by Crippen LogP contribution is -2.56. The van der Waals surface area contributed by atoms with Gasteiger partial charge in [0, 0.05) is 19.5 Å². The largest absolute Gasteiger partial charge is 0.493 e. The van der Waals surface area contributed by atoms with Crippen LogP contribution >= 0.6 is 0 Å². The Morgan fingerprint density at radius 3 is 2.40 bits per heavy atom. The molecule has 4 nitrogen and oxygen atoms in total. The van der Waals surface area contributed by atoms with Gasteiger partial charge >= 0.3 is 0 Å². The molecule has 1 saturated heterocycles. The Morgan fingerprint density at radius 2 is 1.80 bits per heavy atom. The summed E-state index contributed by atoms with van der Waals surface area (Å²) in [5, 5.41) is 10.6. The number of aliphatic hydroxyl groups is 1. The summed E-state index contributed by atoms with van der Waals surface area (Å²) in [4.78, 5) is 2.46. The lowest BCUT2D eigenvalue weighted by molar-refractivity contribution is 0.0551. The van der Waals surface area contributed by atoms with Gasteiger partial charge in [-0.25, -0.2) is 0 Å². The molecule has 1 saturated carbocycles. The minimum absolute atomic E-state index is 0.109. The molecule has 1 N–H and O–H groups in total. The van der Waals surface area contributed by atoms with E-state index in [0.717, 1.165) is 37.3 Å². The number of fused-ring (bicyclic) bond motifs is 1. The summed E-state index contributed by atoms with van der Waals surface area (Å²) in [5.41, 5.74) is 2.02. The zero-order valence-corrected chi connectivity index (χ0v) is 17.5. The summed E-state index contributed by atoms with van der Waals surface area (Å²) in [6.07, 6.45) is 2.77. The van der Waals surface area contributed by atoms with Crippen molar-refractivity contribution in [2.45, 2.75) is 62.0 Å². The van der Waals surface area contributed by atoms with E-state index in [2.05, 4.69) is 43.7 Å². The number of aliphatic hydroxyl groups excluding tert-OH is 1. The van der Waals surface area contributed by atoms with Gasteiger partial charge in [0.15, 0.2) is 11.5 Å². The maximum atomic E-state index is 10.6. The van der Waals surface area contributed by atoms with Gasteiger partial charge in [-0.1, -0.05) is 25.7 Å². The Hall–Kier alpha value is -1.04. The molecule has 0 bridgehead atoms. The van der Waals surface area contributed by atoms with E-state index in [4.69, 9.17) is 9.47 Å². The summed E-state index contributed by atoms with van der Waals surface area (Å²) in [6.45, 7) is 8.45. The van der Waals surface area contributed by atoms with Gasteiger partial charge in [-0.2, -0.15) is 0 Å². The van der Waals surface area contributed by atoms with E-state index in [0.29, 0.717) is 11.6 Å². The Labute approximate surface area is 153 Å². The van der Waals surface area contributed by atoms with Crippen LogP contribution in [-0.4, -0.2) is 58.0 Å². The minimum Gasteiger partial charge on any atom is -0.493 e. The molecular weight excluding hydrogens is 330 g/mol. The lowest BCUT2D eigenvalue weighted by Gasteiger charge is -2.53. The molecule has 1 aliphatic carbocycles. The molecule has 2 fully saturated rings. The maximum absolute atomic E-state index is 10.6. The van der Waals surface area contributed by atoms with Crippen LogP contribution in [-0.2, 0) is 5.41 Å². The highest BCUT2D eigenvalue weighted by molar-refractivity contribution is 6.77. The number of hydrogen-bond acceptors (Lipinski definition) is 4.